The summed E-state index contributed by atoms with van der Waals surface area (Å²) in [5.41, 5.74) is -0.551. The molecule has 1 aliphatic heterocycles. The van der Waals surface area contributed by atoms with E-state index in [1.807, 2.05) is 0 Å². The van der Waals surface area contributed by atoms with Crippen molar-refractivity contribution in [2.45, 2.75) is 51.5 Å². The van der Waals surface area contributed by atoms with Crippen LogP contribution in [0.1, 0.15) is 34.6 Å². The molecular weight excluding hydrogens is 308 g/mol. The molecule has 0 bridgehead atoms. The number of rotatable bonds is 4. The van der Waals surface area contributed by atoms with E-state index in [1.165, 1.54) is 11.8 Å². The van der Waals surface area contributed by atoms with Gasteiger partial charge in [0.25, 0.3) is 0 Å². The van der Waals surface area contributed by atoms with E-state index in [0.717, 1.165) is 6.26 Å². The quantitative estimate of drug-likeness (QED) is 0.820. The number of ether oxygens (including phenoxy) is 1. The number of carbonyl (C=O) groups is 2. The van der Waals surface area contributed by atoms with Crippen molar-refractivity contribution in [1.29, 1.82) is 0 Å². The highest BCUT2D eigenvalue weighted by molar-refractivity contribution is 7.91. The number of nitrogens with zero attached hydrogens (tertiary/aromatic N) is 1. The summed E-state index contributed by atoms with van der Waals surface area (Å²) in [6.45, 7) is 9.23. The molecule has 128 valence electrons. The van der Waals surface area contributed by atoms with Gasteiger partial charge in [0.05, 0.1) is 17.2 Å². The number of likely N-dealkylation sites (tertiary alicyclic amines) is 1. The van der Waals surface area contributed by atoms with E-state index in [0.29, 0.717) is 13.1 Å². The van der Waals surface area contributed by atoms with Crippen LogP contribution in [0, 0.1) is 5.92 Å². The average Bonchev–Trinajstić information content (AvgIpc) is 2.27. The van der Waals surface area contributed by atoms with Crippen LogP contribution in [-0.4, -0.2) is 61.6 Å². The first-order chi connectivity index (χ1) is 9.81. The molecule has 22 heavy (non-hydrogen) atoms. The highest BCUT2D eigenvalue weighted by Crippen LogP contribution is 2.17. The van der Waals surface area contributed by atoms with Crippen molar-refractivity contribution in [3.63, 3.8) is 0 Å². The Morgan fingerprint density at radius 1 is 1.23 bits per heavy atom. The first-order valence-electron chi connectivity index (χ1n) is 7.28. The Hall–Kier alpha value is -1.31. The van der Waals surface area contributed by atoms with Crippen LogP contribution in [-0.2, 0) is 19.4 Å². The van der Waals surface area contributed by atoms with Crippen LogP contribution in [0.3, 0.4) is 0 Å². The predicted molar refractivity (Wildman–Crippen MR) is 83.2 cm³/mol. The van der Waals surface area contributed by atoms with Crippen LogP contribution in [0.25, 0.3) is 0 Å². The fourth-order valence-corrected chi connectivity index (χ4v) is 2.83. The van der Waals surface area contributed by atoms with Gasteiger partial charge in [-0.1, -0.05) is 6.92 Å². The highest BCUT2D eigenvalue weighted by Gasteiger charge is 2.36. The molecule has 1 aliphatic rings. The van der Waals surface area contributed by atoms with Crippen LogP contribution in [0.15, 0.2) is 0 Å². The maximum atomic E-state index is 12.0. The molecule has 0 aromatic heterocycles. The van der Waals surface area contributed by atoms with Crippen LogP contribution in [0.4, 0.5) is 4.79 Å². The lowest BCUT2D eigenvalue weighted by molar-refractivity contribution is -0.126. The first kappa shape index (κ1) is 18.7. The monoisotopic (exact) mass is 334 g/mol. The van der Waals surface area contributed by atoms with E-state index in [4.69, 9.17) is 4.74 Å². The zero-order valence-electron chi connectivity index (χ0n) is 14.0. The molecule has 1 N–H and O–H groups in total. The van der Waals surface area contributed by atoms with Crippen molar-refractivity contribution in [2.24, 2.45) is 5.92 Å². The van der Waals surface area contributed by atoms with E-state index in [9.17, 15) is 18.0 Å². The summed E-state index contributed by atoms with van der Waals surface area (Å²) in [4.78, 5) is 25.3. The van der Waals surface area contributed by atoms with Gasteiger partial charge >= 0.3 is 6.09 Å². The number of carbonyl (C=O) groups excluding carboxylic acids is 2. The second-order valence-corrected chi connectivity index (χ2v) is 9.32. The molecule has 1 fully saturated rings. The number of nitrogens with one attached hydrogen (secondary N) is 1. The molecule has 0 saturated carbocycles. The van der Waals surface area contributed by atoms with Gasteiger partial charge in [-0.2, -0.15) is 0 Å². The van der Waals surface area contributed by atoms with E-state index >= 15 is 0 Å². The van der Waals surface area contributed by atoms with Gasteiger partial charge in [0.1, 0.15) is 5.60 Å². The maximum Gasteiger partial charge on any atom is 0.410 e. The minimum Gasteiger partial charge on any atom is -0.444 e. The Labute approximate surface area is 132 Å². The van der Waals surface area contributed by atoms with Crippen molar-refractivity contribution >= 4 is 21.8 Å². The second-order valence-electron chi connectivity index (χ2n) is 6.91. The Morgan fingerprint density at radius 2 is 1.73 bits per heavy atom. The third-order valence-electron chi connectivity index (χ3n) is 3.67. The molecule has 2 atom stereocenters. The highest BCUT2D eigenvalue weighted by atomic mass is 32.2. The number of hydrogen-bond acceptors (Lipinski definition) is 5. The van der Waals surface area contributed by atoms with Crippen LogP contribution in [0.2, 0.25) is 0 Å². The third-order valence-corrected chi connectivity index (χ3v) is 5.43. The lowest BCUT2D eigenvalue weighted by atomic mass is 10.1. The van der Waals surface area contributed by atoms with E-state index in [2.05, 4.69) is 5.32 Å². The van der Waals surface area contributed by atoms with Crippen molar-refractivity contribution in [3.05, 3.63) is 0 Å². The van der Waals surface area contributed by atoms with E-state index in [-0.39, 0.29) is 11.9 Å². The average molecular weight is 334 g/mol. The summed E-state index contributed by atoms with van der Waals surface area (Å²) in [6.07, 6.45) is 0.713. The lowest BCUT2D eigenvalue weighted by Crippen LogP contribution is -2.62. The largest absolute Gasteiger partial charge is 0.444 e. The molecular formula is C14H26N2O5S. The van der Waals surface area contributed by atoms with Crippen molar-refractivity contribution in [1.82, 2.24) is 10.2 Å². The predicted octanol–water partition coefficient (Wildman–Crippen LogP) is 0.791. The molecule has 0 aromatic rings. The Morgan fingerprint density at radius 3 is 2.14 bits per heavy atom. The SMILES string of the molecule is C[C@H](C(=O)NC1CN(C(=O)OC(C)(C)C)C1)[C@H](C)S(C)(=O)=O. The lowest BCUT2D eigenvalue weighted by Gasteiger charge is -2.40. The van der Waals surface area contributed by atoms with Gasteiger partial charge in [-0.3, -0.25) is 4.79 Å². The Kier molecular flexibility index (Phi) is 5.48. The second kappa shape index (κ2) is 6.44. The third kappa shape index (κ3) is 5.15. The van der Waals surface area contributed by atoms with Crippen molar-refractivity contribution in [2.75, 3.05) is 19.3 Å². The van der Waals surface area contributed by atoms with Crippen LogP contribution >= 0.6 is 0 Å². The molecule has 0 aromatic carbocycles. The maximum absolute atomic E-state index is 12.0. The zero-order valence-corrected chi connectivity index (χ0v) is 14.9. The fourth-order valence-electron chi connectivity index (χ4n) is 1.96. The van der Waals surface area contributed by atoms with E-state index < -0.39 is 32.7 Å². The summed E-state index contributed by atoms with van der Waals surface area (Å²) in [5, 5.41) is 2.02. The molecule has 2 amide bonds. The minimum absolute atomic E-state index is 0.158. The van der Waals surface area contributed by atoms with Gasteiger partial charge in [0, 0.05) is 19.3 Å². The first-order valence-corrected chi connectivity index (χ1v) is 9.24. The van der Waals surface area contributed by atoms with Gasteiger partial charge in [-0.05, 0) is 27.7 Å². The molecule has 1 heterocycles. The number of sulfone groups is 1. The number of amides is 2. The van der Waals surface area contributed by atoms with E-state index in [1.54, 1.807) is 27.7 Å². The summed E-state index contributed by atoms with van der Waals surface area (Å²) >= 11 is 0. The molecule has 0 spiro atoms. The summed E-state index contributed by atoms with van der Waals surface area (Å²) in [6, 6.07) is -0.158. The topological polar surface area (TPSA) is 92.8 Å². The standard InChI is InChI=1S/C14H26N2O5S/c1-9(10(2)22(6,19)20)12(17)15-11-7-16(8-11)13(18)21-14(3,4)5/h9-11H,7-8H2,1-6H3,(H,15,17)/t9-,10-/m0/s1. The zero-order chi connectivity index (χ0) is 17.3. The van der Waals surface area contributed by atoms with Crippen LogP contribution in [0.5, 0.6) is 0 Å². The normalized spacial score (nSPS) is 19.1. The summed E-state index contributed by atoms with van der Waals surface area (Å²) < 4.78 is 28.2. The molecule has 1 saturated heterocycles. The van der Waals surface area contributed by atoms with Crippen molar-refractivity contribution < 1.29 is 22.7 Å². The smallest absolute Gasteiger partial charge is 0.410 e. The van der Waals surface area contributed by atoms with Gasteiger partial charge in [-0.25, -0.2) is 13.2 Å². The fraction of sp³-hybridized carbons (Fsp3) is 0.857. The van der Waals surface area contributed by atoms with Crippen LogP contribution < -0.4 is 5.32 Å². The molecule has 0 aliphatic carbocycles. The molecule has 0 radical (unpaired) electrons. The van der Waals surface area contributed by atoms with Gasteiger partial charge in [0.15, 0.2) is 9.84 Å². The van der Waals surface area contributed by atoms with Crippen molar-refractivity contribution in [3.8, 4) is 0 Å². The molecule has 0 unspecified atom stereocenters. The van der Waals surface area contributed by atoms with Gasteiger partial charge < -0.3 is 15.0 Å². The molecule has 8 heteroatoms. The Balaban J connectivity index is 2.43. The summed E-state index contributed by atoms with van der Waals surface area (Å²) in [5.74, 6) is -0.947. The number of hydrogen-bond donors (Lipinski definition) is 1. The van der Waals surface area contributed by atoms with Gasteiger partial charge in [-0.15, -0.1) is 0 Å². The Bertz CT molecular complexity index is 532. The molecule has 7 nitrogen and oxygen atoms in total. The molecule has 1 rings (SSSR count). The summed E-state index contributed by atoms with van der Waals surface area (Å²) in [7, 11) is -3.26. The van der Waals surface area contributed by atoms with Gasteiger partial charge in [0.2, 0.25) is 5.91 Å². The minimum atomic E-state index is -3.26.